The summed E-state index contributed by atoms with van der Waals surface area (Å²) in [6, 6.07) is 4.15. The summed E-state index contributed by atoms with van der Waals surface area (Å²) in [6.45, 7) is 0. The second-order valence-electron chi connectivity index (χ2n) is 4.49. The molecule has 0 aromatic heterocycles. The first-order chi connectivity index (χ1) is 11.4. The highest BCUT2D eigenvalue weighted by Gasteiger charge is 2.31. The Morgan fingerprint density at radius 1 is 1.00 bits per heavy atom. The quantitative estimate of drug-likeness (QED) is 0.222. The van der Waals surface area contributed by atoms with Crippen LogP contribution < -0.4 is 9.57 Å². The highest BCUT2D eigenvalue weighted by molar-refractivity contribution is 7.97. The maximum Gasteiger partial charge on any atom is 0.349 e. The number of esters is 1. The van der Waals surface area contributed by atoms with Crippen LogP contribution in [0.15, 0.2) is 28.2 Å². The Morgan fingerprint density at radius 3 is 2.29 bits per heavy atom. The van der Waals surface area contributed by atoms with Crippen molar-refractivity contribution in [1.82, 2.24) is 4.83 Å². The molecule has 0 fully saturated rings. The summed E-state index contributed by atoms with van der Waals surface area (Å²) in [6.07, 6.45) is 1.49. The van der Waals surface area contributed by atoms with Crippen LogP contribution in [0.3, 0.4) is 0 Å². The molecule has 0 bridgehead atoms. The first-order valence-electron chi connectivity index (χ1n) is 6.22. The first kappa shape index (κ1) is 16.2. The van der Waals surface area contributed by atoms with Crippen LogP contribution in [0.1, 0.15) is 15.9 Å². The second-order valence-corrected chi connectivity index (χ2v) is 5.31. The van der Waals surface area contributed by atoms with Gasteiger partial charge in [-0.2, -0.15) is 5.10 Å². The summed E-state index contributed by atoms with van der Waals surface area (Å²) in [5.41, 5.74) is -0.966. The summed E-state index contributed by atoms with van der Waals surface area (Å²) < 4.78 is 71.1. The van der Waals surface area contributed by atoms with E-state index in [9.17, 15) is 26.7 Å². The number of carbonyl (C=O) groups excluding carboxylic acids is 1. The van der Waals surface area contributed by atoms with E-state index in [4.69, 9.17) is 4.74 Å². The fourth-order valence-electron chi connectivity index (χ4n) is 1.89. The predicted octanol–water partition coefficient (Wildman–Crippen LogP) is 3.55. The van der Waals surface area contributed by atoms with Crippen molar-refractivity contribution in [2.24, 2.45) is 5.10 Å². The van der Waals surface area contributed by atoms with E-state index in [1.54, 1.807) is 0 Å². The molecule has 1 aliphatic heterocycles. The van der Waals surface area contributed by atoms with Gasteiger partial charge in [0.15, 0.2) is 23.3 Å². The van der Waals surface area contributed by atoms with Crippen molar-refractivity contribution in [2.45, 2.75) is 4.90 Å². The van der Waals surface area contributed by atoms with Gasteiger partial charge in [0.1, 0.15) is 11.3 Å². The first-order valence-corrected chi connectivity index (χ1v) is 7.04. The number of hydrogen-bond acceptors (Lipinski definition) is 5. The van der Waals surface area contributed by atoms with Gasteiger partial charge in [-0.15, -0.1) is 0 Å². The lowest BCUT2D eigenvalue weighted by molar-refractivity contribution is 0.0720. The second kappa shape index (κ2) is 6.11. The average molecular weight is 360 g/mol. The van der Waals surface area contributed by atoms with Crippen molar-refractivity contribution in [3.05, 3.63) is 58.4 Å². The molecule has 24 heavy (non-hydrogen) atoms. The third-order valence-electron chi connectivity index (χ3n) is 3.02. The minimum absolute atomic E-state index is 0.132. The molecule has 0 atom stereocenters. The van der Waals surface area contributed by atoms with Gasteiger partial charge in [-0.3, -0.25) is 0 Å². The fraction of sp³-hybridized carbons (Fsp3) is 0. The number of benzene rings is 2. The van der Waals surface area contributed by atoms with Crippen molar-refractivity contribution in [3.63, 3.8) is 0 Å². The van der Waals surface area contributed by atoms with Gasteiger partial charge in [-0.05, 0) is 18.2 Å². The maximum absolute atomic E-state index is 13.6. The largest absolute Gasteiger partial charge is 0.423 e. The summed E-state index contributed by atoms with van der Waals surface area (Å²) >= 11 is 1.08. The highest BCUT2D eigenvalue weighted by Crippen LogP contribution is 2.28. The normalized spacial score (nSPS) is 12.5. The zero-order chi connectivity index (χ0) is 17.4. The Balaban J connectivity index is 1.95. The van der Waals surface area contributed by atoms with E-state index < -0.39 is 40.6 Å². The number of hydrazone groups is 1. The van der Waals surface area contributed by atoms with E-state index >= 15 is 0 Å². The molecule has 0 aliphatic carbocycles. The van der Waals surface area contributed by atoms with Gasteiger partial charge in [-0.1, -0.05) is 0 Å². The van der Waals surface area contributed by atoms with Gasteiger partial charge in [-0.25, -0.2) is 31.6 Å². The molecule has 4 nitrogen and oxygen atoms in total. The summed E-state index contributed by atoms with van der Waals surface area (Å²) in [5, 5.41) is 3.77. The van der Waals surface area contributed by atoms with E-state index in [2.05, 4.69) is 9.93 Å². The Bertz CT molecular complexity index is 859. The Morgan fingerprint density at radius 2 is 1.62 bits per heavy atom. The fourth-order valence-corrected chi connectivity index (χ4v) is 2.50. The van der Waals surface area contributed by atoms with Crippen LogP contribution in [0.25, 0.3) is 0 Å². The molecule has 0 unspecified atom stereocenters. The molecule has 124 valence electrons. The molecule has 1 aliphatic rings. The van der Waals surface area contributed by atoms with Crippen molar-refractivity contribution in [3.8, 4) is 5.75 Å². The van der Waals surface area contributed by atoms with Crippen molar-refractivity contribution in [2.75, 3.05) is 0 Å². The van der Waals surface area contributed by atoms with Crippen LogP contribution in [0.4, 0.5) is 22.0 Å². The number of fused-ring (bicyclic) bond motifs is 1. The molecule has 0 radical (unpaired) electrons. The molecule has 2 aromatic rings. The molecule has 2 aromatic carbocycles. The van der Waals surface area contributed by atoms with Crippen LogP contribution in [0, 0.1) is 29.1 Å². The standard InChI is InChI=1S/C14H5F5N2O2S/c15-9-8(10(16)12(18)13(19)11(9)17)14(22)23-6-2-1-5-4-20-21-24-7(5)3-6/h1-4,21H. The molecule has 1 heterocycles. The zero-order valence-electron chi connectivity index (χ0n) is 11.4. The lowest BCUT2D eigenvalue weighted by Gasteiger charge is -2.12. The van der Waals surface area contributed by atoms with Crippen LogP contribution in [0.5, 0.6) is 5.75 Å². The lowest BCUT2D eigenvalue weighted by Crippen LogP contribution is -2.17. The monoisotopic (exact) mass is 360 g/mol. The van der Waals surface area contributed by atoms with Crippen LogP contribution in [-0.2, 0) is 0 Å². The molecular weight excluding hydrogens is 355 g/mol. The van der Waals surface area contributed by atoms with Crippen molar-refractivity contribution >= 4 is 24.1 Å². The van der Waals surface area contributed by atoms with Gasteiger partial charge in [0.2, 0.25) is 5.82 Å². The number of rotatable bonds is 2. The van der Waals surface area contributed by atoms with E-state index in [1.165, 1.54) is 24.4 Å². The van der Waals surface area contributed by atoms with Gasteiger partial charge < -0.3 is 4.74 Å². The average Bonchev–Trinajstić information content (AvgIpc) is 2.58. The molecule has 10 heteroatoms. The van der Waals surface area contributed by atoms with Gasteiger partial charge >= 0.3 is 5.97 Å². The highest BCUT2D eigenvalue weighted by atomic mass is 32.2. The Labute approximate surface area is 135 Å². The topological polar surface area (TPSA) is 50.7 Å². The van der Waals surface area contributed by atoms with Crippen LogP contribution in [-0.4, -0.2) is 12.2 Å². The smallest absolute Gasteiger partial charge is 0.349 e. The van der Waals surface area contributed by atoms with Crippen LogP contribution in [0.2, 0.25) is 0 Å². The maximum atomic E-state index is 13.6. The summed E-state index contributed by atoms with van der Waals surface area (Å²) in [5.74, 6) is -13.1. The molecule has 0 saturated heterocycles. The minimum atomic E-state index is -2.35. The van der Waals surface area contributed by atoms with Gasteiger partial charge in [0.25, 0.3) is 0 Å². The summed E-state index contributed by atoms with van der Waals surface area (Å²) in [7, 11) is 0. The Hall–Kier alpha value is -2.62. The molecule has 0 spiro atoms. The molecule has 1 N–H and O–H groups in total. The predicted molar refractivity (Wildman–Crippen MR) is 74.2 cm³/mol. The SMILES string of the molecule is O=C(Oc1ccc2c(c1)SNN=C2)c1c(F)c(F)c(F)c(F)c1F. The number of nitrogens with one attached hydrogen (secondary N) is 1. The van der Waals surface area contributed by atoms with E-state index in [1.807, 2.05) is 0 Å². The summed E-state index contributed by atoms with van der Waals surface area (Å²) in [4.78, 5) is 15.0. The van der Waals surface area contributed by atoms with E-state index in [-0.39, 0.29) is 5.75 Å². The van der Waals surface area contributed by atoms with Gasteiger partial charge in [0.05, 0.1) is 6.21 Å². The molecule has 3 rings (SSSR count). The van der Waals surface area contributed by atoms with Gasteiger partial charge in [0, 0.05) is 22.4 Å². The number of halogens is 5. The number of carbonyl (C=O) groups is 1. The number of hydrogen-bond donors (Lipinski definition) is 1. The number of nitrogens with zero attached hydrogens (tertiary/aromatic N) is 1. The molecular formula is C14H5F5N2O2S. The zero-order valence-corrected chi connectivity index (χ0v) is 12.2. The van der Waals surface area contributed by atoms with Crippen LogP contribution >= 0.6 is 11.9 Å². The van der Waals surface area contributed by atoms with Crippen molar-refractivity contribution < 1.29 is 31.5 Å². The Kier molecular flexibility index (Phi) is 4.14. The van der Waals surface area contributed by atoms with E-state index in [0.717, 1.165) is 11.9 Å². The third kappa shape index (κ3) is 2.68. The van der Waals surface area contributed by atoms with E-state index in [0.29, 0.717) is 10.5 Å². The third-order valence-corrected chi connectivity index (χ3v) is 3.79. The lowest BCUT2D eigenvalue weighted by atomic mass is 10.1. The minimum Gasteiger partial charge on any atom is -0.423 e. The molecule has 0 saturated carbocycles. The van der Waals surface area contributed by atoms with Crippen molar-refractivity contribution in [1.29, 1.82) is 0 Å². The molecule has 0 amide bonds. The number of ether oxygens (including phenoxy) is 1.